The molecule has 124 valence electrons. The van der Waals surface area contributed by atoms with Crippen LogP contribution in [0.3, 0.4) is 0 Å². The van der Waals surface area contributed by atoms with E-state index >= 15 is 0 Å². The van der Waals surface area contributed by atoms with Gasteiger partial charge in [-0.05, 0) is 36.1 Å². The van der Waals surface area contributed by atoms with Crippen LogP contribution in [0.1, 0.15) is 56.1 Å². The van der Waals surface area contributed by atoms with Crippen molar-refractivity contribution in [3.63, 3.8) is 0 Å². The molecule has 1 aliphatic heterocycles. The van der Waals surface area contributed by atoms with E-state index in [1.807, 2.05) is 6.26 Å². The molecule has 0 aromatic heterocycles. The lowest BCUT2D eigenvalue weighted by Gasteiger charge is -2.34. The van der Waals surface area contributed by atoms with E-state index in [1.54, 1.807) is 0 Å². The summed E-state index contributed by atoms with van der Waals surface area (Å²) in [4.78, 5) is 17.3. The minimum Gasteiger partial charge on any atom is -0.299 e. The number of ketones is 1. The van der Waals surface area contributed by atoms with E-state index in [2.05, 4.69) is 49.2 Å². The Balaban J connectivity index is 2.11. The van der Waals surface area contributed by atoms with Gasteiger partial charge in [-0.2, -0.15) is 5.26 Å². The minimum atomic E-state index is -0.255. The number of nitriles is 1. The first-order valence-corrected chi connectivity index (χ1v) is 9.67. The molecule has 2 atom stereocenters. The second kappa shape index (κ2) is 6.94. The van der Waals surface area contributed by atoms with Crippen LogP contribution in [0, 0.1) is 17.2 Å². The molecule has 0 radical (unpaired) electrons. The number of nitrogens with zero attached hydrogens (tertiary/aromatic N) is 2. The van der Waals surface area contributed by atoms with Gasteiger partial charge in [0.25, 0.3) is 0 Å². The predicted molar refractivity (Wildman–Crippen MR) is 99.2 cm³/mol. The Bertz CT molecular complexity index is 753. The molecule has 0 N–H and O–H groups in total. The monoisotopic (exact) mass is 338 g/mol. The molecular formula is C20H22N2OS. The van der Waals surface area contributed by atoms with Crippen LogP contribution < -0.4 is 0 Å². The van der Waals surface area contributed by atoms with E-state index in [9.17, 15) is 10.1 Å². The number of rotatable bonds is 3. The average Bonchev–Trinajstić information content (AvgIpc) is 2.60. The molecule has 1 heterocycles. The van der Waals surface area contributed by atoms with Crippen LogP contribution in [0.25, 0.3) is 0 Å². The molecular weight excluding hydrogens is 316 g/mol. The highest BCUT2D eigenvalue weighted by Gasteiger charge is 2.41. The number of carbonyl (C=O) groups is 1. The number of aliphatic imine (C=N–C) groups is 1. The zero-order valence-corrected chi connectivity index (χ0v) is 15.2. The van der Waals surface area contributed by atoms with Crippen LogP contribution in [0.4, 0.5) is 0 Å². The molecule has 1 aliphatic carbocycles. The smallest absolute Gasteiger partial charge is 0.142 e. The number of carbonyl (C=O) groups excluding carboxylic acids is 1. The lowest BCUT2D eigenvalue weighted by molar-refractivity contribution is -0.121. The quantitative estimate of drug-likeness (QED) is 0.794. The topological polar surface area (TPSA) is 53.2 Å². The molecule has 1 aromatic rings. The Hall–Kier alpha value is -1.86. The molecule has 0 spiro atoms. The SMILES string of the molecule is CSC1=C(C#N)[C@H](c2ccc(C(C)C)cc2)[C@H]2C(=O)CCCC2=N1. The molecule has 0 unspecified atom stereocenters. The molecule has 1 fully saturated rings. The number of Topliss-reactive ketones (excluding diaryl/α,β-unsaturated/α-hetero) is 1. The molecule has 0 saturated heterocycles. The first-order chi connectivity index (χ1) is 11.6. The number of hydrogen-bond donors (Lipinski definition) is 0. The highest BCUT2D eigenvalue weighted by Crippen LogP contribution is 2.44. The molecule has 0 bridgehead atoms. The molecule has 3 rings (SSSR count). The van der Waals surface area contributed by atoms with Crippen molar-refractivity contribution >= 4 is 23.3 Å². The Morgan fingerprint density at radius 1 is 1.21 bits per heavy atom. The predicted octanol–water partition coefficient (Wildman–Crippen LogP) is 4.82. The lowest BCUT2D eigenvalue weighted by Crippen LogP contribution is -2.37. The van der Waals surface area contributed by atoms with E-state index in [4.69, 9.17) is 0 Å². The van der Waals surface area contributed by atoms with E-state index in [0.29, 0.717) is 17.9 Å². The fourth-order valence-electron chi connectivity index (χ4n) is 3.65. The Kier molecular flexibility index (Phi) is 4.91. The summed E-state index contributed by atoms with van der Waals surface area (Å²) in [5.41, 5.74) is 3.93. The van der Waals surface area contributed by atoms with Crippen LogP contribution in [-0.4, -0.2) is 17.8 Å². The zero-order valence-electron chi connectivity index (χ0n) is 14.4. The van der Waals surface area contributed by atoms with E-state index in [-0.39, 0.29) is 17.6 Å². The minimum absolute atomic E-state index is 0.182. The van der Waals surface area contributed by atoms with Crippen LogP contribution in [0.15, 0.2) is 39.9 Å². The summed E-state index contributed by atoms with van der Waals surface area (Å²) >= 11 is 1.50. The number of allylic oxidation sites excluding steroid dienone is 1. The van der Waals surface area contributed by atoms with Crippen molar-refractivity contribution in [3.8, 4) is 6.07 Å². The van der Waals surface area contributed by atoms with Gasteiger partial charge in [0.05, 0.1) is 17.6 Å². The van der Waals surface area contributed by atoms with Crippen molar-refractivity contribution < 1.29 is 4.79 Å². The van der Waals surface area contributed by atoms with Crippen molar-refractivity contribution in [2.24, 2.45) is 10.9 Å². The van der Waals surface area contributed by atoms with Gasteiger partial charge >= 0.3 is 0 Å². The largest absolute Gasteiger partial charge is 0.299 e. The van der Waals surface area contributed by atoms with Gasteiger partial charge in [-0.15, -0.1) is 11.8 Å². The average molecular weight is 338 g/mol. The summed E-state index contributed by atoms with van der Waals surface area (Å²) in [5, 5.41) is 10.5. The third-order valence-corrected chi connectivity index (χ3v) is 5.66. The fraction of sp³-hybridized carbons (Fsp3) is 0.450. The van der Waals surface area contributed by atoms with Gasteiger partial charge in [-0.3, -0.25) is 4.79 Å². The molecule has 24 heavy (non-hydrogen) atoms. The van der Waals surface area contributed by atoms with Crippen molar-refractivity contribution in [2.75, 3.05) is 6.26 Å². The van der Waals surface area contributed by atoms with Gasteiger partial charge < -0.3 is 0 Å². The molecule has 1 saturated carbocycles. The second-order valence-electron chi connectivity index (χ2n) is 6.73. The first-order valence-electron chi connectivity index (χ1n) is 8.45. The maximum atomic E-state index is 12.6. The zero-order chi connectivity index (χ0) is 17.3. The third kappa shape index (κ3) is 2.93. The summed E-state index contributed by atoms with van der Waals surface area (Å²) in [6.45, 7) is 4.33. The van der Waals surface area contributed by atoms with Crippen LogP contribution in [0.5, 0.6) is 0 Å². The van der Waals surface area contributed by atoms with E-state index in [0.717, 1.165) is 29.1 Å². The van der Waals surface area contributed by atoms with Crippen LogP contribution in [-0.2, 0) is 4.79 Å². The van der Waals surface area contributed by atoms with Crippen LogP contribution >= 0.6 is 11.8 Å². The van der Waals surface area contributed by atoms with Crippen LogP contribution in [0.2, 0.25) is 0 Å². The number of fused-ring (bicyclic) bond motifs is 1. The van der Waals surface area contributed by atoms with Gasteiger partial charge in [0.15, 0.2) is 0 Å². The number of thioether (sulfide) groups is 1. The molecule has 2 aliphatic rings. The Morgan fingerprint density at radius 3 is 2.50 bits per heavy atom. The normalized spacial score (nSPS) is 23.8. The van der Waals surface area contributed by atoms with Crippen molar-refractivity contribution in [1.82, 2.24) is 0 Å². The number of hydrogen-bond acceptors (Lipinski definition) is 4. The van der Waals surface area contributed by atoms with Crippen molar-refractivity contribution in [3.05, 3.63) is 46.0 Å². The Morgan fingerprint density at radius 2 is 1.92 bits per heavy atom. The van der Waals surface area contributed by atoms with Gasteiger partial charge in [0.2, 0.25) is 0 Å². The maximum absolute atomic E-state index is 12.6. The molecule has 0 amide bonds. The standard InChI is InChI=1S/C20H22N2OS/c1-12(2)13-7-9-14(10-8-13)18-15(11-21)20(24-3)22-16-5-4-6-17(23)19(16)18/h7-10,12,18-19H,4-6H2,1-3H3/t18-,19+/m0/s1. The summed E-state index contributed by atoms with van der Waals surface area (Å²) in [6.07, 6.45) is 4.27. The molecule has 1 aromatic carbocycles. The van der Waals surface area contributed by atoms with Gasteiger partial charge in [0.1, 0.15) is 10.8 Å². The van der Waals surface area contributed by atoms with Crippen molar-refractivity contribution in [2.45, 2.75) is 44.9 Å². The van der Waals surface area contributed by atoms with Gasteiger partial charge in [-0.1, -0.05) is 38.1 Å². The number of benzene rings is 1. The van der Waals surface area contributed by atoms with E-state index in [1.165, 1.54) is 17.3 Å². The summed E-state index contributed by atoms with van der Waals surface area (Å²) < 4.78 is 0. The lowest BCUT2D eigenvalue weighted by atomic mass is 9.70. The summed E-state index contributed by atoms with van der Waals surface area (Å²) in [7, 11) is 0. The molecule has 3 nitrogen and oxygen atoms in total. The van der Waals surface area contributed by atoms with Gasteiger partial charge in [0, 0.05) is 18.1 Å². The van der Waals surface area contributed by atoms with E-state index < -0.39 is 0 Å². The third-order valence-electron chi connectivity index (χ3n) is 4.96. The summed E-state index contributed by atoms with van der Waals surface area (Å²) in [5.74, 6) is 0.255. The summed E-state index contributed by atoms with van der Waals surface area (Å²) in [6, 6.07) is 10.7. The second-order valence-corrected chi connectivity index (χ2v) is 7.53. The highest BCUT2D eigenvalue weighted by molar-refractivity contribution is 8.02. The first kappa shape index (κ1) is 17.0. The maximum Gasteiger partial charge on any atom is 0.142 e. The van der Waals surface area contributed by atoms with Gasteiger partial charge in [-0.25, -0.2) is 4.99 Å². The van der Waals surface area contributed by atoms with Crippen molar-refractivity contribution in [1.29, 1.82) is 5.26 Å². The fourth-order valence-corrected chi connectivity index (χ4v) is 4.26. The Labute approximate surface area is 147 Å². The highest BCUT2D eigenvalue weighted by atomic mass is 32.2. The molecule has 4 heteroatoms.